The van der Waals surface area contributed by atoms with Crippen molar-refractivity contribution >= 4 is 62.3 Å². The average Bonchev–Trinajstić information content (AvgIpc) is 3.26. The largest absolute Gasteiger partial charge is 0.480 e. The summed E-state index contributed by atoms with van der Waals surface area (Å²) >= 11 is 8.29. The number of rotatable bonds is 5. The lowest BCUT2D eigenvalue weighted by Crippen LogP contribution is -2.20. The molecule has 5 aromatic rings. The van der Waals surface area contributed by atoms with E-state index in [1.807, 2.05) is 24.3 Å². The predicted octanol–water partition coefficient (Wildman–Crippen LogP) is 5.96. The SMILES string of the molecule is C#CCOc1ccc(C=Nn2c(-c3cc4cc(Cl)ccc4o3)nc3ccccc3c2=O)cc1I. The zero-order valence-corrected chi connectivity index (χ0v) is 20.4. The quantitative estimate of drug-likeness (QED) is 0.146. The van der Waals surface area contributed by atoms with Crippen molar-refractivity contribution in [2.75, 3.05) is 6.61 Å². The van der Waals surface area contributed by atoms with Gasteiger partial charge < -0.3 is 9.15 Å². The maximum atomic E-state index is 13.4. The third-order valence-electron chi connectivity index (χ3n) is 5.04. The smallest absolute Gasteiger partial charge is 0.282 e. The molecule has 2 aromatic heterocycles. The van der Waals surface area contributed by atoms with Gasteiger partial charge in [0.15, 0.2) is 5.76 Å². The van der Waals surface area contributed by atoms with Gasteiger partial charge in [-0.2, -0.15) is 9.78 Å². The fourth-order valence-corrected chi connectivity index (χ4v) is 4.35. The first-order valence-corrected chi connectivity index (χ1v) is 11.6. The Morgan fingerprint density at radius 1 is 1.18 bits per heavy atom. The van der Waals surface area contributed by atoms with Gasteiger partial charge in [0.2, 0.25) is 5.82 Å². The van der Waals surface area contributed by atoms with Crippen LogP contribution in [0.4, 0.5) is 0 Å². The summed E-state index contributed by atoms with van der Waals surface area (Å²) in [7, 11) is 0. The number of fused-ring (bicyclic) bond motifs is 2. The van der Waals surface area contributed by atoms with E-state index in [-0.39, 0.29) is 18.0 Å². The predicted molar refractivity (Wildman–Crippen MR) is 143 cm³/mol. The Kier molecular flexibility index (Phi) is 6.09. The third kappa shape index (κ3) is 4.30. The van der Waals surface area contributed by atoms with Crippen LogP contribution in [0, 0.1) is 15.9 Å². The molecule has 34 heavy (non-hydrogen) atoms. The van der Waals surface area contributed by atoms with Crippen LogP contribution < -0.4 is 10.3 Å². The molecular formula is C26H15ClIN3O3. The number of aromatic nitrogens is 2. The van der Waals surface area contributed by atoms with Crippen molar-refractivity contribution in [1.29, 1.82) is 0 Å². The normalized spacial score (nSPS) is 11.3. The maximum Gasteiger partial charge on any atom is 0.282 e. The van der Waals surface area contributed by atoms with Crippen molar-refractivity contribution in [3.63, 3.8) is 0 Å². The summed E-state index contributed by atoms with van der Waals surface area (Å²) in [6.45, 7) is 0.188. The molecule has 0 aliphatic rings. The molecule has 0 amide bonds. The molecule has 2 heterocycles. The fraction of sp³-hybridized carbons (Fsp3) is 0.0385. The highest BCUT2D eigenvalue weighted by Gasteiger charge is 2.16. The molecule has 3 aromatic carbocycles. The van der Waals surface area contributed by atoms with Crippen LogP contribution in [0.2, 0.25) is 5.02 Å². The molecule has 166 valence electrons. The van der Waals surface area contributed by atoms with Crippen LogP contribution in [0.5, 0.6) is 5.75 Å². The number of furan rings is 1. The molecule has 0 atom stereocenters. The van der Waals surface area contributed by atoms with Crippen LogP contribution in [-0.4, -0.2) is 22.5 Å². The molecule has 0 radical (unpaired) electrons. The average molecular weight is 580 g/mol. The van der Waals surface area contributed by atoms with Crippen LogP contribution in [0.1, 0.15) is 5.56 Å². The number of halogens is 2. The van der Waals surface area contributed by atoms with Crippen LogP contribution in [-0.2, 0) is 0 Å². The van der Waals surface area contributed by atoms with E-state index in [0.717, 1.165) is 14.5 Å². The summed E-state index contributed by atoms with van der Waals surface area (Å²) < 4.78 is 13.6. The number of nitrogens with zero attached hydrogens (tertiary/aromatic N) is 3. The Morgan fingerprint density at radius 2 is 2.03 bits per heavy atom. The second-order valence-corrected chi connectivity index (χ2v) is 8.89. The van der Waals surface area contributed by atoms with Gasteiger partial charge in [0.25, 0.3) is 5.56 Å². The molecule has 0 spiro atoms. The van der Waals surface area contributed by atoms with E-state index in [2.05, 4.69) is 38.6 Å². The first-order valence-electron chi connectivity index (χ1n) is 10.1. The molecule has 0 aliphatic carbocycles. The van der Waals surface area contributed by atoms with E-state index < -0.39 is 0 Å². The molecule has 0 fully saturated rings. The molecule has 6 nitrogen and oxygen atoms in total. The van der Waals surface area contributed by atoms with Gasteiger partial charge in [0, 0.05) is 10.4 Å². The van der Waals surface area contributed by atoms with E-state index >= 15 is 0 Å². The van der Waals surface area contributed by atoms with Crippen molar-refractivity contribution in [2.24, 2.45) is 5.10 Å². The van der Waals surface area contributed by atoms with Crippen molar-refractivity contribution in [2.45, 2.75) is 0 Å². The van der Waals surface area contributed by atoms with E-state index in [1.54, 1.807) is 48.7 Å². The summed E-state index contributed by atoms with van der Waals surface area (Å²) in [5.74, 6) is 3.82. The fourth-order valence-electron chi connectivity index (χ4n) is 3.47. The number of ether oxygens (including phenoxy) is 1. The minimum atomic E-state index is -0.306. The van der Waals surface area contributed by atoms with Crippen molar-refractivity contribution in [3.05, 3.63) is 91.2 Å². The summed E-state index contributed by atoms with van der Waals surface area (Å²) in [5, 5.41) is 6.32. The van der Waals surface area contributed by atoms with Gasteiger partial charge in [0.1, 0.15) is 17.9 Å². The number of para-hydroxylation sites is 1. The zero-order chi connectivity index (χ0) is 23.7. The highest BCUT2D eigenvalue weighted by atomic mass is 127. The lowest BCUT2D eigenvalue weighted by atomic mass is 10.2. The highest BCUT2D eigenvalue weighted by Crippen LogP contribution is 2.29. The summed E-state index contributed by atoms with van der Waals surface area (Å²) in [6, 6.07) is 19.8. The molecule has 0 bridgehead atoms. The van der Waals surface area contributed by atoms with Gasteiger partial charge in [-0.1, -0.05) is 29.7 Å². The number of terminal acetylenes is 1. The zero-order valence-electron chi connectivity index (χ0n) is 17.5. The van der Waals surface area contributed by atoms with Crippen molar-refractivity contribution in [3.8, 4) is 29.7 Å². The van der Waals surface area contributed by atoms with Crippen molar-refractivity contribution in [1.82, 2.24) is 9.66 Å². The van der Waals surface area contributed by atoms with Crippen LogP contribution in [0.15, 0.2) is 81.0 Å². The second-order valence-electron chi connectivity index (χ2n) is 7.29. The van der Waals surface area contributed by atoms with E-state index in [4.69, 9.17) is 27.2 Å². The van der Waals surface area contributed by atoms with Gasteiger partial charge in [0.05, 0.1) is 20.7 Å². The molecule has 0 N–H and O–H groups in total. The van der Waals surface area contributed by atoms with Gasteiger partial charge in [-0.25, -0.2) is 4.98 Å². The first kappa shape index (κ1) is 22.2. The summed E-state index contributed by atoms with van der Waals surface area (Å²) in [4.78, 5) is 18.0. The topological polar surface area (TPSA) is 69.6 Å². The third-order valence-corrected chi connectivity index (χ3v) is 6.12. The van der Waals surface area contributed by atoms with Gasteiger partial charge >= 0.3 is 0 Å². The number of hydrogen-bond donors (Lipinski definition) is 0. The molecule has 0 saturated carbocycles. The minimum Gasteiger partial charge on any atom is -0.480 e. The number of hydrogen-bond acceptors (Lipinski definition) is 5. The van der Waals surface area contributed by atoms with Crippen LogP contribution in [0.3, 0.4) is 0 Å². The van der Waals surface area contributed by atoms with E-state index in [1.165, 1.54) is 4.68 Å². The van der Waals surface area contributed by atoms with Gasteiger partial charge in [-0.05, 0) is 82.8 Å². The van der Waals surface area contributed by atoms with E-state index in [9.17, 15) is 4.79 Å². The highest BCUT2D eigenvalue weighted by molar-refractivity contribution is 14.1. The lowest BCUT2D eigenvalue weighted by Gasteiger charge is -2.08. The van der Waals surface area contributed by atoms with Gasteiger partial charge in [-0.3, -0.25) is 4.79 Å². The summed E-state index contributed by atoms with van der Waals surface area (Å²) in [6.07, 6.45) is 6.86. The standard InChI is InChI=1S/C26H15ClIN3O3/c1-2-11-33-23-9-7-16(12-20(23)28)15-29-31-25(30-21-6-4-3-5-19(21)26(31)32)24-14-17-13-18(27)8-10-22(17)34-24/h1,3-10,12-15H,11H2. The molecule has 0 saturated heterocycles. The Hall–Kier alpha value is -3.61. The molecule has 0 unspecified atom stereocenters. The molecule has 8 heteroatoms. The maximum absolute atomic E-state index is 13.4. The number of benzene rings is 3. The first-order chi connectivity index (χ1) is 16.5. The Labute approximate surface area is 213 Å². The molecule has 5 rings (SSSR count). The molecule has 0 aliphatic heterocycles. The summed E-state index contributed by atoms with van der Waals surface area (Å²) in [5.41, 5.74) is 1.66. The van der Waals surface area contributed by atoms with Gasteiger partial charge in [-0.15, -0.1) is 6.42 Å². The Balaban J connectivity index is 1.64. The Morgan fingerprint density at radius 3 is 2.85 bits per heavy atom. The molecular weight excluding hydrogens is 565 g/mol. The van der Waals surface area contributed by atoms with Crippen molar-refractivity contribution < 1.29 is 9.15 Å². The van der Waals surface area contributed by atoms with E-state index in [0.29, 0.717) is 33.0 Å². The second kappa shape index (κ2) is 9.33. The monoisotopic (exact) mass is 579 g/mol. The lowest BCUT2D eigenvalue weighted by molar-refractivity contribution is 0.368. The Bertz CT molecular complexity index is 1680. The van der Waals surface area contributed by atoms with Crippen LogP contribution >= 0.6 is 34.2 Å². The minimum absolute atomic E-state index is 0.188. The van der Waals surface area contributed by atoms with Crippen LogP contribution in [0.25, 0.3) is 33.5 Å².